The minimum absolute atomic E-state index is 0.136. The van der Waals surface area contributed by atoms with Crippen LogP contribution in [0.1, 0.15) is 18.4 Å². The molecule has 0 aliphatic heterocycles. The number of carbonyl (C=O) groups excluding carboxylic acids is 1. The molecule has 0 spiro atoms. The van der Waals surface area contributed by atoms with E-state index >= 15 is 0 Å². The molecule has 0 fully saturated rings. The van der Waals surface area contributed by atoms with E-state index < -0.39 is 5.97 Å². The SMILES string of the molecule is CCOc1ccccc1-c1noc(COC(=O)/C=C/c2cc(Br)ccc2OC)n1. The third-order valence-electron chi connectivity index (χ3n) is 3.82. The van der Waals surface area contributed by atoms with Gasteiger partial charge < -0.3 is 18.7 Å². The van der Waals surface area contributed by atoms with Gasteiger partial charge in [-0.1, -0.05) is 33.2 Å². The molecule has 3 aromatic rings. The third kappa shape index (κ3) is 5.45. The average Bonchev–Trinajstić information content (AvgIpc) is 3.20. The second-order valence-corrected chi connectivity index (χ2v) is 6.68. The average molecular weight is 459 g/mol. The zero-order valence-corrected chi connectivity index (χ0v) is 17.5. The number of hydrogen-bond donors (Lipinski definition) is 0. The van der Waals surface area contributed by atoms with Crippen LogP contribution in [-0.4, -0.2) is 29.8 Å². The highest BCUT2D eigenvalue weighted by atomic mass is 79.9. The molecule has 0 unspecified atom stereocenters. The zero-order chi connectivity index (χ0) is 20.6. The predicted molar refractivity (Wildman–Crippen MR) is 110 cm³/mol. The van der Waals surface area contributed by atoms with Crippen LogP contribution in [0.5, 0.6) is 11.5 Å². The Labute approximate surface area is 176 Å². The van der Waals surface area contributed by atoms with Gasteiger partial charge in [0.1, 0.15) is 11.5 Å². The topological polar surface area (TPSA) is 83.7 Å². The zero-order valence-electron chi connectivity index (χ0n) is 15.9. The number of hydrogen-bond acceptors (Lipinski definition) is 7. The van der Waals surface area contributed by atoms with Crippen LogP contribution in [-0.2, 0) is 16.1 Å². The van der Waals surface area contributed by atoms with Crippen LogP contribution in [0.15, 0.2) is 57.5 Å². The predicted octanol–water partition coefficient (Wildman–Crippen LogP) is 4.66. The molecule has 0 saturated carbocycles. The van der Waals surface area contributed by atoms with Crippen LogP contribution in [0.2, 0.25) is 0 Å². The Morgan fingerprint density at radius 2 is 2.03 bits per heavy atom. The van der Waals surface area contributed by atoms with Gasteiger partial charge in [0.15, 0.2) is 6.61 Å². The van der Waals surface area contributed by atoms with Crippen LogP contribution in [0.3, 0.4) is 0 Å². The lowest BCUT2D eigenvalue weighted by atomic mass is 10.2. The second kappa shape index (κ2) is 9.88. The van der Waals surface area contributed by atoms with Gasteiger partial charge in [0.05, 0.1) is 19.3 Å². The summed E-state index contributed by atoms with van der Waals surface area (Å²) in [6, 6.07) is 12.9. The number of ether oxygens (including phenoxy) is 3. The van der Waals surface area contributed by atoms with E-state index in [0.29, 0.717) is 29.5 Å². The Bertz CT molecular complexity index is 1020. The molecule has 0 saturated heterocycles. The first-order valence-corrected chi connectivity index (χ1v) is 9.63. The van der Waals surface area contributed by atoms with Gasteiger partial charge in [-0.2, -0.15) is 4.98 Å². The number of esters is 1. The highest BCUT2D eigenvalue weighted by molar-refractivity contribution is 9.10. The molecule has 0 radical (unpaired) electrons. The highest BCUT2D eigenvalue weighted by Crippen LogP contribution is 2.27. The number of methoxy groups -OCH3 is 1. The van der Waals surface area contributed by atoms with Gasteiger partial charge in [0.25, 0.3) is 5.89 Å². The van der Waals surface area contributed by atoms with Gasteiger partial charge in [-0.15, -0.1) is 0 Å². The lowest BCUT2D eigenvalue weighted by molar-refractivity contribution is -0.139. The Hall–Kier alpha value is -3.13. The maximum Gasteiger partial charge on any atom is 0.331 e. The number of benzene rings is 2. The lowest BCUT2D eigenvalue weighted by Crippen LogP contribution is -2.01. The Morgan fingerprint density at radius 3 is 2.83 bits per heavy atom. The van der Waals surface area contributed by atoms with E-state index in [0.717, 1.165) is 10.0 Å². The largest absolute Gasteiger partial charge is 0.496 e. The van der Waals surface area contributed by atoms with Crippen molar-refractivity contribution in [2.24, 2.45) is 0 Å². The van der Waals surface area contributed by atoms with E-state index in [4.69, 9.17) is 18.7 Å². The summed E-state index contributed by atoms with van der Waals surface area (Å²) in [5.41, 5.74) is 1.45. The summed E-state index contributed by atoms with van der Waals surface area (Å²) < 4.78 is 22.1. The van der Waals surface area contributed by atoms with Crippen molar-refractivity contribution in [1.82, 2.24) is 10.1 Å². The van der Waals surface area contributed by atoms with Crippen molar-refractivity contribution in [3.8, 4) is 22.9 Å². The molecule has 0 atom stereocenters. The van der Waals surface area contributed by atoms with Crippen LogP contribution in [0.25, 0.3) is 17.5 Å². The fourth-order valence-electron chi connectivity index (χ4n) is 2.53. The van der Waals surface area contributed by atoms with Gasteiger partial charge in [-0.25, -0.2) is 4.79 Å². The molecule has 3 rings (SSSR count). The van der Waals surface area contributed by atoms with Gasteiger partial charge in [0, 0.05) is 16.1 Å². The second-order valence-electron chi connectivity index (χ2n) is 5.77. The maximum atomic E-state index is 12.0. The Morgan fingerprint density at radius 1 is 1.21 bits per heavy atom. The summed E-state index contributed by atoms with van der Waals surface area (Å²) in [6.45, 7) is 2.28. The van der Waals surface area contributed by atoms with Gasteiger partial charge in [0.2, 0.25) is 5.82 Å². The molecule has 0 aliphatic carbocycles. The highest BCUT2D eigenvalue weighted by Gasteiger charge is 2.14. The summed E-state index contributed by atoms with van der Waals surface area (Å²) in [5.74, 6) is 1.32. The Balaban J connectivity index is 1.63. The van der Waals surface area contributed by atoms with Gasteiger partial charge >= 0.3 is 5.97 Å². The molecule has 29 heavy (non-hydrogen) atoms. The summed E-state index contributed by atoms with van der Waals surface area (Å²) in [4.78, 5) is 16.3. The normalized spacial score (nSPS) is 10.9. The van der Waals surface area contributed by atoms with Gasteiger partial charge in [-0.3, -0.25) is 0 Å². The van der Waals surface area contributed by atoms with Crippen LogP contribution in [0.4, 0.5) is 0 Å². The smallest absolute Gasteiger partial charge is 0.331 e. The van der Waals surface area contributed by atoms with E-state index in [-0.39, 0.29) is 12.5 Å². The van der Waals surface area contributed by atoms with Crippen molar-refractivity contribution < 1.29 is 23.5 Å². The molecule has 150 valence electrons. The first-order valence-electron chi connectivity index (χ1n) is 8.84. The molecule has 7 nitrogen and oxygen atoms in total. The molecular formula is C21H19BrN2O5. The molecule has 0 N–H and O–H groups in total. The molecular weight excluding hydrogens is 440 g/mol. The minimum Gasteiger partial charge on any atom is -0.496 e. The van der Waals surface area contributed by atoms with Crippen molar-refractivity contribution in [3.05, 3.63) is 64.5 Å². The molecule has 1 aromatic heterocycles. The van der Waals surface area contributed by atoms with Crippen molar-refractivity contribution in [2.75, 3.05) is 13.7 Å². The van der Waals surface area contributed by atoms with Gasteiger partial charge in [-0.05, 0) is 43.3 Å². The summed E-state index contributed by atoms with van der Waals surface area (Å²) >= 11 is 3.39. The fourth-order valence-corrected chi connectivity index (χ4v) is 2.91. The Kier molecular flexibility index (Phi) is 7.02. The van der Waals surface area contributed by atoms with Crippen molar-refractivity contribution >= 4 is 28.0 Å². The number of rotatable bonds is 8. The maximum absolute atomic E-state index is 12.0. The minimum atomic E-state index is -0.540. The molecule has 0 bridgehead atoms. The standard InChI is InChI=1S/C21H19BrN2O5/c1-3-27-18-7-5-4-6-16(18)21-23-19(29-24-21)13-28-20(25)11-8-14-12-15(22)9-10-17(14)26-2/h4-12H,3,13H2,1-2H3/b11-8+. The lowest BCUT2D eigenvalue weighted by Gasteiger charge is -2.06. The summed E-state index contributed by atoms with van der Waals surface area (Å²) in [6.07, 6.45) is 2.93. The number of aromatic nitrogens is 2. The van der Waals surface area contributed by atoms with Crippen molar-refractivity contribution in [3.63, 3.8) is 0 Å². The number of para-hydroxylation sites is 1. The van der Waals surface area contributed by atoms with E-state index in [9.17, 15) is 4.79 Å². The van der Waals surface area contributed by atoms with E-state index in [1.165, 1.54) is 6.08 Å². The molecule has 1 heterocycles. The van der Waals surface area contributed by atoms with E-state index in [2.05, 4.69) is 26.1 Å². The quantitative estimate of drug-likeness (QED) is 0.358. The fraction of sp³-hybridized carbons (Fsp3) is 0.190. The third-order valence-corrected chi connectivity index (χ3v) is 4.32. The number of halogens is 1. The van der Waals surface area contributed by atoms with Crippen LogP contribution in [0, 0.1) is 0 Å². The van der Waals surface area contributed by atoms with E-state index in [1.807, 2.05) is 43.3 Å². The summed E-state index contributed by atoms with van der Waals surface area (Å²) in [5, 5.41) is 3.94. The molecule has 8 heteroatoms. The van der Waals surface area contributed by atoms with Crippen molar-refractivity contribution in [2.45, 2.75) is 13.5 Å². The number of nitrogens with zero attached hydrogens (tertiary/aromatic N) is 2. The van der Waals surface area contributed by atoms with Crippen LogP contribution >= 0.6 is 15.9 Å². The first-order chi connectivity index (χ1) is 14.1. The van der Waals surface area contributed by atoms with Crippen LogP contribution < -0.4 is 9.47 Å². The molecule has 0 aliphatic rings. The van der Waals surface area contributed by atoms with Crippen molar-refractivity contribution in [1.29, 1.82) is 0 Å². The van der Waals surface area contributed by atoms with E-state index in [1.54, 1.807) is 19.3 Å². The number of carbonyl (C=O) groups is 1. The monoisotopic (exact) mass is 458 g/mol. The summed E-state index contributed by atoms with van der Waals surface area (Å²) in [7, 11) is 1.57. The molecule has 2 aromatic carbocycles. The first kappa shape index (κ1) is 20.6. The molecule has 0 amide bonds.